The Morgan fingerprint density at radius 2 is 1.61 bits per heavy atom. The van der Waals surface area contributed by atoms with E-state index in [1.807, 2.05) is 6.92 Å². The molecule has 0 saturated heterocycles. The Morgan fingerprint density at radius 1 is 0.968 bits per heavy atom. The van der Waals surface area contributed by atoms with Gasteiger partial charge in [0.05, 0.1) is 17.7 Å². The number of hydrogen-bond donors (Lipinski definition) is 1. The number of hydrogen-bond acceptors (Lipinski definition) is 4. The molecule has 0 saturated carbocycles. The summed E-state index contributed by atoms with van der Waals surface area (Å²) < 4.78 is 34.5. The van der Waals surface area contributed by atoms with Crippen molar-refractivity contribution in [1.82, 2.24) is 9.78 Å². The van der Waals surface area contributed by atoms with Gasteiger partial charge in [-0.15, -0.1) is 0 Å². The van der Waals surface area contributed by atoms with Crippen LogP contribution in [0.4, 0.5) is 14.5 Å². The van der Waals surface area contributed by atoms with Crippen molar-refractivity contribution in [3.63, 3.8) is 0 Å². The second kappa shape index (κ2) is 8.35. The third-order valence-electron chi connectivity index (χ3n) is 4.61. The highest BCUT2D eigenvalue weighted by Crippen LogP contribution is 2.21. The molecule has 1 heterocycles. The highest BCUT2D eigenvalue weighted by Gasteiger charge is 2.20. The Bertz CT molecular complexity index is 1310. The minimum atomic E-state index is -0.919. The summed E-state index contributed by atoms with van der Waals surface area (Å²) in [6, 6.07) is 16.3. The third-order valence-corrected chi connectivity index (χ3v) is 4.61. The number of aromatic nitrogens is 2. The Labute approximate surface area is 175 Å². The molecule has 8 heteroatoms. The van der Waals surface area contributed by atoms with E-state index in [2.05, 4.69) is 10.4 Å². The average molecular weight is 421 g/mol. The molecule has 1 aromatic heterocycles. The van der Waals surface area contributed by atoms with E-state index in [-0.39, 0.29) is 16.5 Å². The van der Waals surface area contributed by atoms with Gasteiger partial charge in [-0.05, 0) is 49.4 Å². The molecule has 0 aliphatic heterocycles. The van der Waals surface area contributed by atoms with Crippen LogP contribution < -0.4 is 15.6 Å². The maximum Gasteiger partial charge on any atom is 0.279 e. The van der Waals surface area contributed by atoms with Crippen LogP contribution in [-0.2, 0) is 0 Å². The SMILES string of the molecule is CCOc1ccc(-n2nc(C(=O)Nc3c(F)cccc3F)c3ccccc3c2=O)cc1. The lowest BCUT2D eigenvalue weighted by atomic mass is 10.1. The summed E-state index contributed by atoms with van der Waals surface area (Å²) in [7, 11) is 0. The standard InChI is InChI=1S/C23H17F2N3O3/c1-2-31-15-12-10-14(11-13-15)28-23(30)17-7-4-3-6-16(17)20(27-28)22(29)26-21-18(24)8-5-9-19(21)25/h3-13H,2H2,1H3,(H,26,29). The van der Waals surface area contributed by atoms with Crippen LogP contribution in [0.1, 0.15) is 17.4 Å². The number of anilines is 1. The van der Waals surface area contributed by atoms with Crippen LogP contribution in [0.5, 0.6) is 5.75 Å². The predicted molar refractivity (Wildman–Crippen MR) is 113 cm³/mol. The number of ether oxygens (including phenoxy) is 1. The van der Waals surface area contributed by atoms with Gasteiger partial charge in [-0.3, -0.25) is 9.59 Å². The van der Waals surface area contributed by atoms with Gasteiger partial charge in [-0.2, -0.15) is 9.78 Å². The largest absolute Gasteiger partial charge is 0.494 e. The Morgan fingerprint density at radius 3 is 2.26 bits per heavy atom. The number of nitrogens with zero attached hydrogens (tertiary/aromatic N) is 2. The van der Waals surface area contributed by atoms with Crippen molar-refractivity contribution in [3.8, 4) is 11.4 Å². The minimum Gasteiger partial charge on any atom is -0.494 e. The van der Waals surface area contributed by atoms with E-state index in [1.54, 1.807) is 48.5 Å². The van der Waals surface area contributed by atoms with Gasteiger partial charge in [0.2, 0.25) is 0 Å². The van der Waals surface area contributed by atoms with E-state index in [0.717, 1.165) is 16.8 Å². The molecular weight excluding hydrogens is 404 g/mol. The van der Waals surface area contributed by atoms with Gasteiger partial charge in [0.15, 0.2) is 5.69 Å². The Balaban J connectivity index is 1.84. The zero-order valence-corrected chi connectivity index (χ0v) is 16.4. The van der Waals surface area contributed by atoms with Crippen LogP contribution >= 0.6 is 0 Å². The number of rotatable bonds is 5. The first-order valence-corrected chi connectivity index (χ1v) is 9.50. The van der Waals surface area contributed by atoms with Gasteiger partial charge in [0.1, 0.15) is 23.1 Å². The molecular formula is C23H17F2N3O3. The molecule has 1 amide bonds. The van der Waals surface area contributed by atoms with Gasteiger partial charge in [0, 0.05) is 5.39 Å². The van der Waals surface area contributed by atoms with Crippen LogP contribution in [0, 0.1) is 11.6 Å². The number of amides is 1. The molecule has 0 aliphatic carbocycles. The number of benzene rings is 3. The molecule has 0 atom stereocenters. The maximum atomic E-state index is 14.0. The number of nitrogens with one attached hydrogen (secondary N) is 1. The summed E-state index contributed by atoms with van der Waals surface area (Å²) in [6.45, 7) is 2.34. The van der Waals surface area contributed by atoms with Crippen molar-refractivity contribution in [2.24, 2.45) is 0 Å². The van der Waals surface area contributed by atoms with Crippen molar-refractivity contribution in [2.45, 2.75) is 6.92 Å². The molecule has 4 aromatic rings. The van der Waals surface area contributed by atoms with Crippen molar-refractivity contribution < 1.29 is 18.3 Å². The quantitative estimate of drug-likeness (QED) is 0.521. The first-order chi connectivity index (χ1) is 15.0. The molecule has 6 nitrogen and oxygen atoms in total. The fourth-order valence-electron chi connectivity index (χ4n) is 3.17. The molecule has 0 fully saturated rings. The van der Waals surface area contributed by atoms with Crippen LogP contribution in [-0.4, -0.2) is 22.3 Å². The Kier molecular flexibility index (Phi) is 5.44. The van der Waals surface area contributed by atoms with Crippen molar-refractivity contribution in [1.29, 1.82) is 0 Å². The van der Waals surface area contributed by atoms with Gasteiger partial charge >= 0.3 is 0 Å². The number of carbonyl (C=O) groups is 1. The monoisotopic (exact) mass is 421 g/mol. The van der Waals surface area contributed by atoms with Crippen molar-refractivity contribution >= 4 is 22.4 Å². The molecule has 3 aromatic carbocycles. The van der Waals surface area contributed by atoms with E-state index < -0.39 is 28.8 Å². The van der Waals surface area contributed by atoms with E-state index in [1.165, 1.54) is 6.07 Å². The maximum absolute atomic E-state index is 14.0. The van der Waals surface area contributed by atoms with Gasteiger partial charge in [-0.25, -0.2) is 8.78 Å². The summed E-state index contributed by atoms with van der Waals surface area (Å²) in [6.07, 6.45) is 0. The number of halogens is 2. The Hall–Kier alpha value is -4.07. The fourth-order valence-corrected chi connectivity index (χ4v) is 3.17. The average Bonchev–Trinajstić information content (AvgIpc) is 2.78. The number of carbonyl (C=O) groups excluding carboxylic acids is 1. The van der Waals surface area contributed by atoms with Gasteiger partial charge in [0.25, 0.3) is 11.5 Å². The van der Waals surface area contributed by atoms with Crippen molar-refractivity contribution in [2.75, 3.05) is 11.9 Å². The smallest absolute Gasteiger partial charge is 0.279 e. The summed E-state index contributed by atoms with van der Waals surface area (Å²) in [5.41, 5.74) is -0.761. The molecule has 0 bridgehead atoms. The second-order valence-corrected chi connectivity index (χ2v) is 6.59. The number of fused-ring (bicyclic) bond motifs is 1. The van der Waals surface area contributed by atoms with E-state index in [0.29, 0.717) is 18.0 Å². The summed E-state index contributed by atoms with van der Waals surface area (Å²) in [5, 5.41) is 6.94. The second-order valence-electron chi connectivity index (χ2n) is 6.59. The normalized spacial score (nSPS) is 10.8. The summed E-state index contributed by atoms with van der Waals surface area (Å²) >= 11 is 0. The first-order valence-electron chi connectivity index (χ1n) is 9.50. The summed E-state index contributed by atoms with van der Waals surface area (Å²) in [4.78, 5) is 25.9. The lowest BCUT2D eigenvalue weighted by Crippen LogP contribution is -2.26. The highest BCUT2D eigenvalue weighted by molar-refractivity contribution is 6.11. The molecule has 1 N–H and O–H groups in total. The molecule has 0 radical (unpaired) electrons. The topological polar surface area (TPSA) is 73.2 Å². The van der Waals surface area contributed by atoms with Crippen LogP contribution in [0.3, 0.4) is 0 Å². The molecule has 4 rings (SSSR count). The van der Waals surface area contributed by atoms with Gasteiger partial charge in [-0.1, -0.05) is 24.3 Å². The summed E-state index contributed by atoms with van der Waals surface area (Å²) in [5.74, 6) is -2.07. The first kappa shape index (κ1) is 20.2. The highest BCUT2D eigenvalue weighted by atomic mass is 19.1. The third kappa shape index (κ3) is 3.87. The van der Waals surface area contributed by atoms with Crippen LogP contribution in [0.2, 0.25) is 0 Å². The minimum absolute atomic E-state index is 0.147. The van der Waals surface area contributed by atoms with E-state index in [4.69, 9.17) is 4.74 Å². The predicted octanol–water partition coefficient (Wildman–Crippen LogP) is 4.31. The van der Waals surface area contributed by atoms with Crippen LogP contribution in [0.15, 0.2) is 71.5 Å². The van der Waals surface area contributed by atoms with Crippen molar-refractivity contribution in [3.05, 3.63) is 94.4 Å². The lowest BCUT2D eigenvalue weighted by molar-refractivity contribution is 0.102. The molecule has 156 valence electrons. The van der Waals surface area contributed by atoms with E-state index in [9.17, 15) is 18.4 Å². The van der Waals surface area contributed by atoms with Gasteiger partial charge < -0.3 is 10.1 Å². The molecule has 31 heavy (non-hydrogen) atoms. The fraction of sp³-hybridized carbons (Fsp3) is 0.0870. The molecule has 0 unspecified atom stereocenters. The van der Waals surface area contributed by atoms with Crippen LogP contribution in [0.25, 0.3) is 16.5 Å². The zero-order valence-electron chi connectivity index (χ0n) is 16.4. The molecule has 0 spiro atoms. The zero-order chi connectivity index (χ0) is 22.0. The molecule has 0 aliphatic rings. The number of para-hydroxylation sites is 1. The lowest BCUT2D eigenvalue weighted by Gasteiger charge is -2.12. The van der Waals surface area contributed by atoms with E-state index >= 15 is 0 Å².